The number of unbranched alkanes of at least 4 members (excludes halogenated alkanes) is 2. The highest BCUT2D eigenvalue weighted by Gasteiger charge is 2.21. The fourth-order valence-corrected chi connectivity index (χ4v) is 3.78. The van der Waals surface area contributed by atoms with Crippen molar-refractivity contribution in [1.82, 2.24) is 15.1 Å². The van der Waals surface area contributed by atoms with Crippen molar-refractivity contribution in [3.63, 3.8) is 0 Å². The van der Waals surface area contributed by atoms with Crippen LogP contribution in [0.15, 0.2) is 47.3 Å². The first-order chi connectivity index (χ1) is 15.5. The minimum atomic E-state index is -0.365. The summed E-state index contributed by atoms with van der Waals surface area (Å²) in [4.78, 5) is 37.6. The zero-order valence-corrected chi connectivity index (χ0v) is 18.2. The van der Waals surface area contributed by atoms with Gasteiger partial charge in [-0.2, -0.15) is 5.10 Å². The fraction of sp³-hybridized carbons (Fsp3) is 0.333. The van der Waals surface area contributed by atoms with Gasteiger partial charge in [0.1, 0.15) is 5.75 Å². The predicted octanol–water partition coefficient (Wildman–Crippen LogP) is 3.41. The summed E-state index contributed by atoms with van der Waals surface area (Å²) in [6.45, 7) is 4.41. The summed E-state index contributed by atoms with van der Waals surface area (Å²) in [6, 6.07) is 12.1. The number of carbonyl (C=O) groups is 2. The minimum absolute atomic E-state index is 0.00859. The first-order valence-electron chi connectivity index (χ1n) is 10.8. The van der Waals surface area contributed by atoms with Crippen LogP contribution >= 0.6 is 0 Å². The molecule has 2 heterocycles. The summed E-state index contributed by atoms with van der Waals surface area (Å²) in [7, 11) is 0. The molecule has 4 rings (SSSR count). The van der Waals surface area contributed by atoms with Crippen molar-refractivity contribution in [1.29, 1.82) is 0 Å². The molecule has 0 saturated carbocycles. The number of carbonyl (C=O) groups excluding carboxylic acids is 2. The van der Waals surface area contributed by atoms with E-state index in [1.165, 1.54) is 4.68 Å². The molecule has 2 N–H and O–H groups in total. The smallest absolute Gasteiger partial charge is 0.274 e. The Hall–Kier alpha value is -3.68. The van der Waals surface area contributed by atoms with E-state index in [0.717, 1.165) is 24.8 Å². The van der Waals surface area contributed by atoms with Gasteiger partial charge in [0.2, 0.25) is 0 Å². The number of aromatic nitrogens is 2. The van der Waals surface area contributed by atoms with Crippen LogP contribution in [-0.2, 0) is 11.3 Å². The maximum atomic E-state index is 13.2. The summed E-state index contributed by atoms with van der Waals surface area (Å²) in [5.74, 6) is 0.0157. The Bertz CT molecular complexity index is 1230. The van der Waals surface area contributed by atoms with Gasteiger partial charge in [0, 0.05) is 11.9 Å². The quantitative estimate of drug-likeness (QED) is 0.555. The largest absolute Gasteiger partial charge is 0.482 e. The number of ether oxygens (including phenoxy) is 1. The molecule has 2 aromatic carbocycles. The third-order valence-electron chi connectivity index (χ3n) is 5.54. The Morgan fingerprint density at radius 3 is 2.75 bits per heavy atom. The number of amides is 2. The van der Waals surface area contributed by atoms with Gasteiger partial charge in [0.05, 0.1) is 17.1 Å². The van der Waals surface area contributed by atoms with E-state index in [1.54, 1.807) is 36.4 Å². The summed E-state index contributed by atoms with van der Waals surface area (Å²) in [5, 5.41) is 11.2. The van der Waals surface area contributed by atoms with E-state index in [-0.39, 0.29) is 35.7 Å². The molecule has 0 fully saturated rings. The summed E-state index contributed by atoms with van der Waals surface area (Å²) >= 11 is 0. The minimum Gasteiger partial charge on any atom is -0.482 e. The second-order valence-corrected chi connectivity index (χ2v) is 7.92. The fourth-order valence-electron chi connectivity index (χ4n) is 3.78. The zero-order chi connectivity index (χ0) is 22.7. The second kappa shape index (κ2) is 9.21. The Labute approximate surface area is 185 Å². The van der Waals surface area contributed by atoms with Crippen LogP contribution in [0.2, 0.25) is 0 Å². The summed E-state index contributed by atoms with van der Waals surface area (Å²) in [5.41, 5.74) is 1.42. The number of hydrogen-bond donors (Lipinski definition) is 2. The lowest BCUT2D eigenvalue weighted by Crippen LogP contribution is -2.32. The molecule has 8 heteroatoms. The lowest BCUT2D eigenvalue weighted by molar-refractivity contribution is -0.118. The lowest BCUT2D eigenvalue weighted by atomic mass is 10.1. The molecule has 1 aromatic heterocycles. The highest BCUT2D eigenvalue weighted by atomic mass is 16.5. The number of anilines is 1. The van der Waals surface area contributed by atoms with E-state index in [2.05, 4.69) is 22.7 Å². The molecule has 1 aliphatic heterocycles. The van der Waals surface area contributed by atoms with E-state index in [1.807, 2.05) is 13.0 Å². The van der Waals surface area contributed by atoms with Crippen LogP contribution < -0.4 is 20.9 Å². The average molecular weight is 434 g/mol. The maximum absolute atomic E-state index is 13.2. The molecule has 0 bridgehead atoms. The Morgan fingerprint density at radius 2 is 1.97 bits per heavy atom. The normalized spacial score (nSPS) is 13.8. The number of fused-ring (bicyclic) bond motifs is 2. The van der Waals surface area contributed by atoms with Crippen LogP contribution in [0, 0.1) is 0 Å². The number of hydrogen-bond acceptors (Lipinski definition) is 5. The van der Waals surface area contributed by atoms with E-state index in [9.17, 15) is 14.4 Å². The van der Waals surface area contributed by atoms with E-state index < -0.39 is 0 Å². The van der Waals surface area contributed by atoms with Gasteiger partial charge in [0.15, 0.2) is 12.3 Å². The Morgan fingerprint density at radius 1 is 1.19 bits per heavy atom. The van der Waals surface area contributed by atoms with E-state index in [0.29, 0.717) is 28.8 Å². The highest BCUT2D eigenvalue weighted by Crippen LogP contribution is 2.30. The zero-order valence-electron chi connectivity index (χ0n) is 18.2. The van der Waals surface area contributed by atoms with Crippen molar-refractivity contribution in [2.24, 2.45) is 0 Å². The third kappa shape index (κ3) is 4.34. The molecule has 2 amide bonds. The van der Waals surface area contributed by atoms with Crippen molar-refractivity contribution in [3.8, 4) is 5.75 Å². The molecule has 166 valence electrons. The topological polar surface area (TPSA) is 102 Å². The number of aryl methyl sites for hydroxylation is 1. The van der Waals surface area contributed by atoms with Crippen molar-refractivity contribution in [2.75, 3.05) is 11.9 Å². The van der Waals surface area contributed by atoms with Gasteiger partial charge in [0.25, 0.3) is 17.4 Å². The van der Waals surface area contributed by atoms with Gasteiger partial charge in [-0.15, -0.1) is 0 Å². The SMILES string of the molecule is CCCCCn1nc(C(=O)NC(C)c2ccc3c(c2)NC(=O)CO3)c2ccccc2c1=O. The molecular formula is C24H26N4O4. The molecule has 32 heavy (non-hydrogen) atoms. The Kier molecular flexibility index (Phi) is 6.20. The molecule has 3 aromatic rings. The first kappa shape index (κ1) is 21.5. The standard InChI is InChI=1S/C24H26N4O4/c1-3-4-7-12-28-24(31)18-9-6-5-8-17(18)22(27-28)23(30)25-15(2)16-10-11-20-19(13-16)26-21(29)14-32-20/h5-6,8-11,13,15H,3-4,7,12,14H2,1-2H3,(H,25,30)(H,26,29). The van der Waals surface area contributed by atoms with Crippen molar-refractivity contribution in [3.05, 3.63) is 64.1 Å². The molecule has 8 nitrogen and oxygen atoms in total. The van der Waals surface area contributed by atoms with Crippen molar-refractivity contribution >= 4 is 28.3 Å². The van der Waals surface area contributed by atoms with Crippen LogP contribution in [0.3, 0.4) is 0 Å². The van der Waals surface area contributed by atoms with Crippen LogP contribution in [0.25, 0.3) is 10.8 Å². The lowest BCUT2D eigenvalue weighted by Gasteiger charge is -2.21. The van der Waals surface area contributed by atoms with E-state index in [4.69, 9.17) is 4.74 Å². The van der Waals surface area contributed by atoms with Gasteiger partial charge in [-0.25, -0.2) is 4.68 Å². The van der Waals surface area contributed by atoms with Gasteiger partial charge < -0.3 is 15.4 Å². The summed E-state index contributed by atoms with van der Waals surface area (Å²) < 4.78 is 6.78. The molecule has 0 radical (unpaired) electrons. The monoisotopic (exact) mass is 434 g/mol. The number of nitrogens with zero attached hydrogens (tertiary/aromatic N) is 2. The van der Waals surface area contributed by atoms with Crippen LogP contribution in [0.4, 0.5) is 5.69 Å². The number of nitrogens with one attached hydrogen (secondary N) is 2. The summed E-state index contributed by atoms with van der Waals surface area (Å²) in [6.07, 6.45) is 2.83. The first-order valence-corrected chi connectivity index (χ1v) is 10.8. The third-order valence-corrected chi connectivity index (χ3v) is 5.54. The van der Waals surface area contributed by atoms with Crippen LogP contribution in [0.1, 0.15) is 55.2 Å². The van der Waals surface area contributed by atoms with Crippen LogP contribution in [0.5, 0.6) is 5.75 Å². The molecule has 1 unspecified atom stereocenters. The maximum Gasteiger partial charge on any atom is 0.274 e. The molecule has 0 spiro atoms. The van der Waals surface area contributed by atoms with Crippen molar-refractivity contribution in [2.45, 2.75) is 45.7 Å². The predicted molar refractivity (Wildman–Crippen MR) is 122 cm³/mol. The highest BCUT2D eigenvalue weighted by molar-refractivity contribution is 6.05. The van der Waals surface area contributed by atoms with Crippen molar-refractivity contribution < 1.29 is 14.3 Å². The molecule has 1 atom stereocenters. The number of benzene rings is 2. The molecule has 0 saturated heterocycles. The second-order valence-electron chi connectivity index (χ2n) is 7.92. The van der Waals surface area contributed by atoms with Gasteiger partial charge >= 0.3 is 0 Å². The molecular weight excluding hydrogens is 408 g/mol. The average Bonchev–Trinajstić information content (AvgIpc) is 2.80. The molecule has 0 aliphatic carbocycles. The van der Waals surface area contributed by atoms with E-state index >= 15 is 0 Å². The van der Waals surface area contributed by atoms with Gasteiger partial charge in [-0.1, -0.05) is 44.0 Å². The molecule has 1 aliphatic rings. The van der Waals surface area contributed by atoms with Crippen LogP contribution in [-0.4, -0.2) is 28.2 Å². The van der Waals surface area contributed by atoms with Gasteiger partial charge in [-0.05, 0) is 37.1 Å². The van der Waals surface area contributed by atoms with Gasteiger partial charge in [-0.3, -0.25) is 14.4 Å². The Balaban J connectivity index is 1.62. The number of rotatable bonds is 7.